The van der Waals surface area contributed by atoms with Gasteiger partial charge in [0.25, 0.3) is 5.91 Å². The topological polar surface area (TPSA) is 121 Å². The van der Waals surface area contributed by atoms with Gasteiger partial charge >= 0.3 is 0 Å². The highest BCUT2D eigenvalue weighted by molar-refractivity contribution is 6.01. The number of hydrogen-bond acceptors (Lipinski definition) is 9. The number of amides is 1. The number of carbonyl (C=O) groups excluding carboxylic acids is 1. The lowest BCUT2D eigenvalue weighted by atomic mass is 10.2. The largest absolute Gasteiger partial charge is 0.435 e. The van der Waals surface area contributed by atoms with Crippen molar-refractivity contribution in [3.8, 4) is 11.6 Å². The molecule has 13 heteroatoms. The van der Waals surface area contributed by atoms with Crippen LogP contribution in [0.3, 0.4) is 0 Å². The predicted molar refractivity (Wildman–Crippen MR) is 144 cm³/mol. The number of morpholine rings is 1. The lowest BCUT2D eigenvalue weighted by Gasteiger charge is -2.29. The van der Waals surface area contributed by atoms with Crippen LogP contribution >= 0.6 is 0 Å². The molecule has 1 aromatic carbocycles. The van der Waals surface area contributed by atoms with Gasteiger partial charge in [-0.3, -0.25) is 4.79 Å². The zero-order valence-corrected chi connectivity index (χ0v) is 21.8. The molecule has 6 rings (SSSR count). The molecule has 0 saturated carbocycles. The molecule has 0 spiro atoms. The summed E-state index contributed by atoms with van der Waals surface area (Å²) in [4.78, 5) is 33.3. The van der Waals surface area contributed by atoms with Gasteiger partial charge in [-0.15, -0.1) is 0 Å². The third-order valence-electron chi connectivity index (χ3n) is 6.91. The van der Waals surface area contributed by atoms with Gasteiger partial charge in [-0.25, -0.2) is 23.7 Å². The predicted octanol–water partition coefficient (Wildman–Crippen LogP) is 3.36. The van der Waals surface area contributed by atoms with Crippen molar-refractivity contribution in [3.05, 3.63) is 59.7 Å². The van der Waals surface area contributed by atoms with E-state index < -0.39 is 23.3 Å². The molecule has 4 aromatic rings. The van der Waals surface area contributed by atoms with E-state index in [1.165, 1.54) is 12.4 Å². The van der Waals surface area contributed by atoms with Crippen molar-refractivity contribution >= 4 is 34.1 Å². The second kappa shape index (κ2) is 11.0. The highest BCUT2D eigenvalue weighted by Crippen LogP contribution is 2.35. The van der Waals surface area contributed by atoms with Crippen LogP contribution in [0.25, 0.3) is 10.9 Å². The lowest BCUT2D eigenvalue weighted by Crippen LogP contribution is -2.43. The van der Waals surface area contributed by atoms with Gasteiger partial charge in [0.2, 0.25) is 5.88 Å². The number of H-pyrrole nitrogens is 1. The van der Waals surface area contributed by atoms with Crippen LogP contribution in [0.15, 0.2) is 36.8 Å². The number of nitrogens with one attached hydrogen (secondary N) is 3. The second-order valence-electron chi connectivity index (χ2n) is 9.58. The third-order valence-corrected chi connectivity index (χ3v) is 6.91. The number of piperazine rings is 1. The Balaban J connectivity index is 1.35. The Morgan fingerprint density at radius 3 is 2.62 bits per heavy atom. The van der Waals surface area contributed by atoms with Crippen LogP contribution in [0.4, 0.5) is 26.1 Å². The van der Waals surface area contributed by atoms with Crippen LogP contribution in [0.2, 0.25) is 0 Å². The summed E-state index contributed by atoms with van der Waals surface area (Å²) in [6.07, 6.45) is 2.94. The molecule has 2 fully saturated rings. The van der Waals surface area contributed by atoms with Gasteiger partial charge in [0, 0.05) is 56.4 Å². The molecule has 11 nitrogen and oxygen atoms in total. The van der Waals surface area contributed by atoms with Gasteiger partial charge in [0.05, 0.1) is 30.6 Å². The molecule has 0 bridgehead atoms. The summed E-state index contributed by atoms with van der Waals surface area (Å²) in [7, 11) is 0. The molecule has 5 heterocycles. The Bertz CT molecular complexity index is 1530. The van der Waals surface area contributed by atoms with Crippen LogP contribution in [0, 0.1) is 18.6 Å². The van der Waals surface area contributed by atoms with E-state index in [1.54, 1.807) is 24.1 Å². The summed E-state index contributed by atoms with van der Waals surface area (Å²) in [5.74, 6) is -1.94. The van der Waals surface area contributed by atoms with Crippen molar-refractivity contribution in [2.75, 3.05) is 62.7 Å². The van der Waals surface area contributed by atoms with Crippen LogP contribution < -0.4 is 20.3 Å². The molecule has 0 radical (unpaired) electrons. The Kier molecular flexibility index (Phi) is 7.13. The van der Waals surface area contributed by atoms with Crippen LogP contribution in [0.1, 0.15) is 16.1 Å². The van der Waals surface area contributed by atoms with Crippen molar-refractivity contribution in [2.45, 2.75) is 6.92 Å². The summed E-state index contributed by atoms with van der Waals surface area (Å²) in [6.45, 7) is 6.70. The maximum absolute atomic E-state index is 15.4. The molecule has 0 unspecified atom stereocenters. The monoisotopic (exact) mass is 550 g/mol. The molecule has 3 N–H and O–H groups in total. The standard InChI is InChI=1S/C27H28F2N8O3/c1-16-12-18-23(29)20(13-19(28)24(18)34-16)40-26-22(27(38)37-8-10-39-11-9-37)25(32-15-33-26)35-21-3-2-17(14-31-21)36-6-4-30-5-7-36/h2-3,12-15,30,34H,4-11H2,1H3,(H,31,32,33,35). The number of nitrogens with zero attached hydrogens (tertiary/aromatic N) is 5. The molecular weight excluding hydrogens is 522 g/mol. The van der Waals surface area contributed by atoms with E-state index in [4.69, 9.17) is 9.47 Å². The van der Waals surface area contributed by atoms with Crippen molar-refractivity contribution in [1.29, 1.82) is 0 Å². The molecule has 40 heavy (non-hydrogen) atoms. The number of ether oxygens (including phenoxy) is 2. The SMILES string of the molecule is Cc1cc2c(F)c(Oc3ncnc(Nc4ccc(N5CCNCC5)cn4)c3C(=O)N3CCOCC3)cc(F)c2[nH]1. The number of benzene rings is 1. The molecule has 2 saturated heterocycles. The molecule has 208 valence electrons. The Morgan fingerprint density at radius 2 is 1.88 bits per heavy atom. The van der Waals surface area contributed by atoms with Crippen molar-refractivity contribution in [1.82, 2.24) is 30.2 Å². The number of hydrogen-bond donors (Lipinski definition) is 3. The highest BCUT2D eigenvalue weighted by atomic mass is 19.1. The van der Waals surface area contributed by atoms with Gasteiger partial charge in [0.15, 0.2) is 23.2 Å². The Morgan fingerprint density at radius 1 is 1.07 bits per heavy atom. The first-order valence-electron chi connectivity index (χ1n) is 13.0. The van der Waals surface area contributed by atoms with Crippen LogP contribution in [-0.2, 0) is 4.74 Å². The third kappa shape index (κ3) is 5.12. The maximum Gasteiger partial charge on any atom is 0.263 e. The lowest BCUT2D eigenvalue weighted by molar-refractivity contribution is 0.0301. The number of pyridine rings is 1. The van der Waals surface area contributed by atoms with Gasteiger partial charge in [-0.1, -0.05) is 0 Å². The Hall–Kier alpha value is -4.36. The first-order valence-corrected chi connectivity index (χ1v) is 13.0. The quantitative estimate of drug-likeness (QED) is 0.332. The number of rotatable bonds is 6. The number of aromatic nitrogens is 4. The number of halogens is 2. The van der Waals surface area contributed by atoms with E-state index in [0.717, 1.165) is 37.9 Å². The number of anilines is 3. The summed E-state index contributed by atoms with van der Waals surface area (Å²) in [5.41, 5.74) is 1.59. The van der Waals surface area contributed by atoms with E-state index >= 15 is 4.39 Å². The first-order chi connectivity index (χ1) is 19.5. The average Bonchev–Trinajstić information content (AvgIpc) is 3.39. The normalized spacial score (nSPS) is 15.9. The van der Waals surface area contributed by atoms with Crippen molar-refractivity contribution in [3.63, 3.8) is 0 Å². The molecular formula is C27H28F2N8O3. The number of carbonyl (C=O) groups is 1. The summed E-state index contributed by atoms with van der Waals surface area (Å²) >= 11 is 0. The molecule has 2 aliphatic heterocycles. The molecule has 0 aliphatic carbocycles. The zero-order valence-electron chi connectivity index (χ0n) is 21.8. The van der Waals surface area contributed by atoms with E-state index in [9.17, 15) is 9.18 Å². The second-order valence-corrected chi connectivity index (χ2v) is 9.58. The summed E-state index contributed by atoms with van der Waals surface area (Å²) in [6, 6.07) is 6.15. The van der Waals surface area contributed by atoms with E-state index in [0.29, 0.717) is 37.8 Å². The zero-order chi connectivity index (χ0) is 27.6. The van der Waals surface area contributed by atoms with E-state index in [2.05, 4.69) is 35.5 Å². The Labute approximate surface area is 228 Å². The minimum atomic E-state index is -0.774. The molecule has 0 atom stereocenters. The van der Waals surface area contributed by atoms with Gasteiger partial charge in [-0.05, 0) is 25.1 Å². The van der Waals surface area contributed by atoms with E-state index in [-0.39, 0.29) is 28.2 Å². The minimum absolute atomic E-state index is 0.0254. The highest BCUT2D eigenvalue weighted by Gasteiger charge is 2.29. The number of aryl methyl sites for hydroxylation is 1. The molecule has 1 amide bonds. The number of aromatic amines is 1. The van der Waals surface area contributed by atoms with Gasteiger partial charge < -0.3 is 34.9 Å². The fraction of sp³-hybridized carbons (Fsp3) is 0.333. The van der Waals surface area contributed by atoms with Crippen molar-refractivity contribution in [2.24, 2.45) is 0 Å². The van der Waals surface area contributed by atoms with Gasteiger partial charge in [-0.2, -0.15) is 0 Å². The summed E-state index contributed by atoms with van der Waals surface area (Å²) in [5, 5.41) is 6.44. The smallest absolute Gasteiger partial charge is 0.263 e. The van der Waals surface area contributed by atoms with E-state index in [1.807, 2.05) is 6.07 Å². The maximum atomic E-state index is 15.4. The fourth-order valence-corrected chi connectivity index (χ4v) is 4.86. The first kappa shape index (κ1) is 25.9. The average molecular weight is 551 g/mol. The molecule has 3 aromatic heterocycles. The van der Waals surface area contributed by atoms with Crippen molar-refractivity contribution < 1.29 is 23.0 Å². The minimum Gasteiger partial charge on any atom is -0.435 e. The van der Waals surface area contributed by atoms with Gasteiger partial charge in [0.1, 0.15) is 17.7 Å². The summed E-state index contributed by atoms with van der Waals surface area (Å²) < 4.78 is 41.4. The van der Waals surface area contributed by atoms with Crippen LogP contribution in [-0.4, -0.2) is 83.2 Å². The fourth-order valence-electron chi connectivity index (χ4n) is 4.86. The van der Waals surface area contributed by atoms with Crippen LogP contribution in [0.5, 0.6) is 11.6 Å². The number of fused-ring (bicyclic) bond motifs is 1. The molecule has 2 aliphatic rings.